The van der Waals surface area contributed by atoms with Gasteiger partial charge in [-0.25, -0.2) is 0 Å². The number of halogens is 1. The van der Waals surface area contributed by atoms with E-state index in [4.69, 9.17) is 14.5 Å². The maximum Gasteiger partial charge on any atom is 0.310 e. The lowest BCUT2D eigenvalue weighted by Gasteiger charge is -2.40. The van der Waals surface area contributed by atoms with E-state index in [9.17, 15) is 4.79 Å². The van der Waals surface area contributed by atoms with Crippen LogP contribution in [0.5, 0.6) is 0 Å². The van der Waals surface area contributed by atoms with Crippen molar-refractivity contribution in [3.05, 3.63) is 35.9 Å². The number of rotatable bonds is 7. The Labute approximate surface area is 209 Å². The predicted octanol–water partition coefficient (Wildman–Crippen LogP) is 3.21. The van der Waals surface area contributed by atoms with Gasteiger partial charge in [-0.05, 0) is 38.2 Å². The van der Waals surface area contributed by atoms with Gasteiger partial charge in [-0.3, -0.25) is 9.79 Å². The molecule has 2 saturated heterocycles. The van der Waals surface area contributed by atoms with E-state index < -0.39 is 0 Å². The smallest absolute Gasteiger partial charge is 0.310 e. The van der Waals surface area contributed by atoms with E-state index in [1.165, 1.54) is 12.7 Å². The van der Waals surface area contributed by atoms with Gasteiger partial charge in [0.15, 0.2) is 5.96 Å². The highest BCUT2D eigenvalue weighted by molar-refractivity contribution is 14.0. The van der Waals surface area contributed by atoms with Crippen LogP contribution in [0.4, 0.5) is 0 Å². The van der Waals surface area contributed by atoms with Crippen LogP contribution in [0.1, 0.15) is 45.2 Å². The van der Waals surface area contributed by atoms with Crippen molar-refractivity contribution >= 4 is 35.9 Å². The molecule has 0 spiro atoms. The molecule has 2 heterocycles. The predicted molar refractivity (Wildman–Crippen MR) is 138 cm³/mol. The van der Waals surface area contributed by atoms with Crippen molar-refractivity contribution in [3.63, 3.8) is 0 Å². The highest BCUT2D eigenvalue weighted by Crippen LogP contribution is 2.27. The number of nitrogens with zero attached hydrogens (tertiary/aromatic N) is 2. The lowest BCUT2D eigenvalue weighted by molar-refractivity contribution is -0.145. The number of carbonyl (C=O) groups excluding carboxylic acids is 1. The Hall–Kier alpha value is -1.39. The molecule has 0 amide bonds. The van der Waals surface area contributed by atoms with E-state index in [1.54, 1.807) is 0 Å². The maximum atomic E-state index is 12.1. The van der Waals surface area contributed by atoms with Gasteiger partial charge in [0.25, 0.3) is 0 Å². The van der Waals surface area contributed by atoms with Crippen molar-refractivity contribution in [1.82, 2.24) is 15.5 Å². The SMILES string of the molecule is CCNC(=NCC1(NC(C)c2ccccc2)CCOCC1)N1CC(C)C(C(=O)OC)C1.I. The van der Waals surface area contributed by atoms with Crippen LogP contribution < -0.4 is 10.6 Å². The van der Waals surface area contributed by atoms with E-state index in [-0.39, 0.29) is 53.4 Å². The molecule has 2 N–H and O–H groups in total. The highest BCUT2D eigenvalue weighted by Gasteiger charge is 2.38. The molecule has 0 aromatic heterocycles. The normalized spacial score (nSPS) is 23.9. The van der Waals surface area contributed by atoms with Gasteiger partial charge in [0.1, 0.15) is 0 Å². The standard InChI is InChI=1S/C24H38N4O3.HI/c1-5-25-23(28-15-18(2)21(16-28)22(29)30-4)26-17-24(11-13-31-14-12-24)27-19(3)20-9-7-6-8-10-20;/h6-10,18-19,21,27H,5,11-17H2,1-4H3,(H,25,26);1H. The summed E-state index contributed by atoms with van der Waals surface area (Å²) in [6, 6.07) is 10.8. The van der Waals surface area contributed by atoms with Crippen LogP contribution in [0.3, 0.4) is 0 Å². The average Bonchev–Trinajstić information content (AvgIpc) is 3.18. The summed E-state index contributed by atoms with van der Waals surface area (Å²) in [6.07, 6.45) is 1.85. The summed E-state index contributed by atoms with van der Waals surface area (Å²) < 4.78 is 10.7. The largest absolute Gasteiger partial charge is 0.469 e. The van der Waals surface area contributed by atoms with Crippen LogP contribution in [0.2, 0.25) is 0 Å². The van der Waals surface area contributed by atoms with Gasteiger partial charge in [0.05, 0.1) is 19.6 Å². The number of hydrogen-bond acceptors (Lipinski definition) is 5. The van der Waals surface area contributed by atoms with Crippen LogP contribution in [0.25, 0.3) is 0 Å². The van der Waals surface area contributed by atoms with E-state index in [0.29, 0.717) is 13.1 Å². The number of benzene rings is 1. The van der Waals surface area contributed by atoms with Crippen LogP contribution in [0, 0.1) is 11.8 Å². The van der Waals surface area contributed by atoms with Gasteiger partial charge < -0.3 is 25.0 Å². The van der Waals surface area contributed by atoms with Crippen LogP contribution in [0.15, 0.2) is 35.3 Å². The first-order valence-corrected chi connectivity index (χ1v) is 11.5. The number of guanidine groups is 1. The summed E-state index contributed by atoms with van der Waals surface area (Å²) in [5.74, 6) is 0.873. The number of ether oxygens (including phenoxy) is 2. The molecule has 0 saturated carbocycles. The lowest BCUT2D eigenvalue weighted by Crippen LogP contribution is -2.53. The molecule has 1 aromatic carbocycles. The zero-order valence-electron chi connectivity index (χ0n) is 19.8. The number of nitrogens with one attached hydrogen (secondary N) is 2. The third kappa shape index (κ3) is 6.81. The number of aliphatic imine (C=N–C) groups is 1. The molecule has 2 aliphatic rings. The first-order chi connectivity index (χ1) is 15.0. The van der Waals surface area contributed by atoms with Gasteiger partial charge in [-0.2, -0.15) is 0 Å². The summed E-state index contributed by atoms with van der Waals surface area (Å²) in [7, 11) is 1.46. The molecule has 0 aliphatic carbocycles. The fourth-order valence-electron chi connectivity index (χ4n) is 4.64. The minimum atomic E-state index is -0.134. The quantitative estimate of drug-likeness (QED) is 0.232. The molecule has 0 bridgehead atoms. The minimum absolute atomic E-state index is 0. The number of hydrogen-bond donors (Lipinski definition) is 2. The van der Waals surface area contributed by atoms with Gasteiger partial charge in [0, 0.05) is 44.4 Å². The van der Waals surface area contributed by atoms with E-state index in [0.717, 1.165) is 45.1 Å². The van der Waals surface area contributed by atoms with Crippen LogP contribution >= 0.6 is 24.0 Å². The zero-order chi connectivity index (χ0) is 22.3. The molecular weight excluding hydrogens is 519 g/mol. The number of carbonyl (C=O) groups is 1. The van der Waals surface area contributed by atoms with Crippen molar-refractivity contribution in [1.29, 1.82) is 0 Å². The summed E-state index contributed by atoms with van der Waals surface area (Å²) in [6.45, 7) is 10.8. The van der Waals surface area contributed by atoms with Crippen molar-refractivity contribution in [2.24, 2.45) is 16.8 Å². The molecule has 8 heteroatoms. The van der Waals surface area contributed by atoms with Crippen molar-refractivity contribution in [3.8, 4) is 0 Å². The summed E-state index contributed by atoms with van der Waals surface area (Å²) >= 11 is 0. The molecule has 0 radical (unpaired) electrons. The molecule has 3 atom stereocenters. The lowest BCUT2D eigenvalue weighted by atomic mass is 9.88. The maximum absolute atomic E-state index is 12.1. The molecule has 3 unspecified atom stereocenters. The summed E-state index contributed by atoms with van der Waals surface area (Å²) in [5, 5.41) is 7.30. The second-order valence-electron chi connectivity index (χ2n) is 8.85. The van der Waals surface area contributed by atoms with Crippen molar-refractivity contribution in [2.75, 3.05) is 46.5 Å². The van der Waals surface area contributed by atoms with E-state index in [1.807, 2.05) is 6.07 Å². The van der Waals surface area contributed by atoms with E-state index >= 15 is 0 Å². The number of methoxy groups -OCH3 is 1. The number of likely N-dealkylation sites (tertiary alicyclic amines) is 1. The molecule has 3 rings (SSSR count). The monoisotopic (exact) mass is 558 g/mol. The third-order valence-corrected chi connectivity index (χ3v) is 6.55. The van der Waals surface area contributed by atoms with Crippen LogP contribution in [-0.2, 0) is 14.3 Å². The van der Waals surface area contributed by atoms with Crippen molar-refractivity contribution in [2.45, 2.75) is 45.2 Å². The van der Waals surface area contributed by atoms with Gasteiger partial charge >= 0.3 is 5.97 Å². The molecular formula is C24H39IN4O3. The molecule has 32 heavy (non-hydrogen) atoms. The van der Waals surface area contributed by atoms with Crippen LogP contribution in [-0.4, -0.2) is 68.9 Å². The Morgan fingerprint density at radius 3 is 2.59 bits per heavy atom. The zero-order valence-corrected chi connectivity index (χ0v) is 22.1. The molecule has 180 valence electrons. The topological polar surface area (TPSA) is 75.2 Å². The number of esters is 1. The summed E-state index contributed by atoms with van der Waals surface area (Å²) in [5.41, 5.74) is 1.17. The Kier molecular flexibility index (Phi) is 10.7. The Balaban J connectivity index is 0.00000363. The molecule has 1 aromatic rings. The minimum Gasteiger partial charge on any atom is -0.469 e. The third-order valence-electron chi connectivity index (χ3n) is 6.55. The first kappa shape index (κ1) is 26.9. The fraction of sp³-hybridized carbons (Fsp3) is 0.667. The van der Waals surface area contributed by atoms with Gasteiger partial charge in [0.2, 0.25) is 0 Å². The molecule has 2 fully saturated rings. The van der Waals surface area contributed by atoms with Gasteiger partial charge in [-0.15, -0.1) is 24.0 Å². The Morgan fingerprint density at radius 2 is 1.97 bits per heavy atom. The summed E-state index contributed by atoms with van der Waals surface area (Å²) in [4.78, 5) is 19.4. The first-order valence-electron chi connectivity index (χ1n) is 11.5. The molecule has 7 nitrogen and oxygen atoms in total. The van der Waals surface area contributed by atoms with Gasteiger partial charge in [-0.1, -0.05) is 37.3 Å². The van der Waals surface area contributed by atoms with Crippen molar-refractivity contribution < 1.29 is 14.3 Å². The second-order valence-corrected chi connectivity index (χ2v) is 8.85. The Bertz CT molecular complexity index is 740. The highest BCUT2D eigenvalue weighted by atomic mass is 127. The second kappa shape index (κ2) is 12.7. The Morgan fingerprint density at radius 1 is 1.28 bits per heavy atom. The average molecular weight is 559 g/mol. The molecule has 2 aliphatic heterocycles. The van der Waals surface area contributed by atoms with E-state index in [2.05, 4.69) is 60.6 Å². The fourth-order valence-corrected chi connectivity index (χ4v) is 4.64.